The van der Waals surface area contributed by atoms with Crippen LogP contribution in [0, 0.1) is 5.92 Å². The third-order valence-corrected chi connectivity index (χ3v) is 6.94. The monoisotopic (exact) mass is 402 g/mol. The fourth-order valence-corrected chi connectivity index (χ4v) is 5.52. The normalized spacial score (nSPS) is 26.4. The van der Waals surface area contributed by atoms with Crippen LogP contribution in [-0.4, -0.2) is 37.2 Å². The van der Waals surface area contributed by atoms with Gasteiger partial charge in [-0.05, 0) is 55.6 Å². The Morgan fingerprint density at radius 1 is 1.00 bits per heavy atom. The quantitative estimate of drug-likeness (QED) is 0.623. The second-order valence-electron chi connectivity index (χ2n) is 8.49. The number of benzene rings is 2. The van der Waals surface area contributed by atoms with E-state index in [1.54, 1.807) is 13.4 Å². The molecule has 1 unspecified atom stereocenters. The van der Waals surface area contributed by atoms with Gasteiger partial charge in [-0.2, -0.15) is 0 Å². The second kappa shape index (κ2) is 8.66. The Morgan fingerprint density at radius 3 is 2.50 bits per heavy atom. The lowest BCUT2D eigenvalue weighted by Crippen LogP contribution is -2.64. The summed E-state index contributed by atoms with van der Waals surface area (Å²) in [6.45, 7) is 3.16. The maximum Gasteiger partial charge on any atom is 0.123 e. The van der Waals surface area contributed by atoms with Gasteiger partial charge in [0.15, 0.2) is 0 Å². The molecule has 4 heteroatoms. The van der Waals surface area contributed by atoms with E-state index in [1.165, 1.54) is 37.1 Å². The SMILES string of the molecule is COc1ccccc1CN[C@@H]1C2CCN(CC2)[C@H]1C(c1ccccc1)c1ccco1. The van der Waals surface area contributed by atoms with E-state index in [0.29, 0.717) is 18.0 Å². The first-order chi connectivity index (χ1) is 14.8. The van der Waals surface area contributed by atoms with Crippen LogP contribution in [-0.2, 0) is 6.54 Å². The molecule has 3 aliphatic rings. The number of nitrogens with one attached hydrogen (secondary N) is 1. The third kappa shape index (κ3) is 3.66. The van der Waals surface area contributed by atoms with Crippen molar-refractivity contribution in [2.45, 2.75) is 37.4 Å². The Kier molecular flexibility index (Phi) is 5.60. The summed E-state index contributed by atoms with van der Waals surface area (Å²) in [6.07, 6.45) is 4.33. The van der Waals surface area contributed by atoms with Crippen molar-refractivity contribution in [2.24, 2.45) is 5.92 Å². The van der Waals surface area contributed by atoms with Crippen molar-refractivity contribution in [1.82, 2.24) is 10.2 Å². The van der Waals surface area contributed by atoms with E-state index in [-0.39, 0.29) is 5.92 Å². The van der Waals surface area contributed by atoms with Gasteiger partial charge in [-0.3, -0.25) is 4.90 Å². The van der Waals surface area contributed by atoms with Crippen molar-refractivity contribution in [2.75, 3.05) is 20.2 Å². The zero-order chi connectivity index (χ0) is 20.3. The lowest BCUT2D eigenvalue weighted by atomic mass is 9.71. The second-order valence-corrected chi connectivity index (χ2v) is 8.49. The molecule has 3 aliphatic heterocycles. The predicted octanol–water partition coefficient (Wildman–Crippen LogP) is 4.67. The molecule has 1 N–H and O–H groups in total. The van der Waals surface area contributed by atoms with Crippen molar-refractivity contribution in [3.8, 4) is 5.75 Å². The smallest absolute Gasteiger partial charge is 0.123 e. The number of hydrogen-bond donors (Lipinski definition) is 1. The number of hydrogen-bond acceptors (Lipinski definition) is 4. The molecule has 0 aliphatic carbocycles. The molecule has 3 atom stereocenters. The van der Waals surface area contributed by atoms with E-state index in [1.807, 2.05) is 18.2 Å². The van der Waals surface area contributed by atoms with E-state index < -0.39 is 0 Å². The first-order valence-corrected chi connectivity index (χ1v) is 11.0. The molecule has 2 aromatic carbocycles. The van der Waals surface area contributed by atoms with E-state index in [0.717, 1.165) is 18.1 Å². The Morgan fingerprint density at radius 2 is 1.77 bits per heavy atom. The number of furan rings is 1. The number of ether oxygens (including phenoxy) is 1. The molecule has 0 saturated carbocycles. The Balaban J connectivity index is 1.47. The lowest BCUT2D eigenvalue weighted by molar-refractivity contribution is 0.00189. The molecule has 156 valence electrons. The molecule has 0 radical (unpaired) electrons. The topological polar surface area (TPSA) is 37.6 Å². The molecule has 4 nitrogen and oxygen atoms in total. The first kappa shape index (κ1) is 19.4. The van der Waals surface area contributed by atoms with Crippen LogP contribution >= 0.6 is 0 Å². The van der Waals surface area contributed by atoms with Gasteiger partial charge in [-0.25, -0.2) is 0 Å². The minimum atomic E-state index is 0.222. The van der Waals surface area contributed by atoms with Crippen LogP contribution in [0.4, 0.5) is 0 Å². The summed E-state index contributed by atoms with van der Waals surface area (Å²) in [4.78, 5) is 2.68. The molecule has 6 rings (SSSR count). The minimum absolute atomic E-state index is 0.222. The number of rotatable bonds is 7. The molecule has 3 aromatic rings. The van der Waals surface area contributed by atoms with Crippen LogP contribution in [0.25, 0.3) is 0 Å². The Bertz CT molecular complexity index is 933. The molecular formula is C26H30N2O2. The zero-order valence-electron chi connectivity index (χ0n) is 17.5. The predicted molar refractivity (Wildman–Crippen MR) is 119 cm³/mol. The minimum Gasteiger partial charge on any atom is -0.496 e. The fourth-order valence-electron chi connectivity index (χ4n) is 5.52. The Hall–Kier alpha value is -2.56. The number of piperidine rings is 3. The largest absolute Gasteiger partial charge is 0.496 e. The van der Waals surface area contributed by atoms with Gasteiger partial charge in [0, 0.05) is 24.2 Å². The average molecular weight is 403 g/mol. The van der Waals surface area contributed by atoms with Crippen LogP contribution in [0.1, 0.15) is 35.6 Å². The average Bonchev–Trinajstić information content (AvgIpc) is 3.34. The van der Waals surface area contributed by atoms with Crippen molar-refractivity contribution < 1.29 is 9.15 Å². The van der Waals surface area contributed by atoms with Gasteiger partial charge < -0.3 is 14.5 Å². The molecular weight excluding hydrogens is 372 g/mol. The van der Waals surface area contributed by atoms with E-state index in [2.05, 4.69) is 58.7 Å². The summed E-state index contributed by atoms with van der Waals surface area (Å²) in [5, 5.41) is 3.94. The highest BCUT2D eigenvalue weighted by molar-refractivity contribution is 5.34. The van der Waals surface area contributed by atoms with Gasteiger partial charge in [-0.1, -0.05) is 48.5 Å². The van der Waals surface area contributed by atoms with Crippen LogP contribution in [0.3, 0.4) is 0 Å². The maximum atomic E-state index is 5.98. The third-order valence-electron chi connectivity index (χ3n) is 6.94. The summed E-state index contributed by atoms with van der Waals surface area (Å²) >= 11 is 0. The number of para-hydroxylation sites is 1. The maximum absolute atomic E-state index is 5.98. The van der Waals surface area contributed by atoms with Crippen molar-refractivity contribution in [3.63, 3.8) is 0 Å². The molecule has 4 heterocycles. The summed E-state index contributed by atoms with van der Waals surface area (Å²) in [7, 11) is 1.75. The summed E-state index contributed by atoms with van der Waals surface area (Å²) in [5.41, 5.74) is 2.54. The standard InChI is InChI=1S/C26H30N2O2/c1-29-22-11-6-5-10-21(22)18-27-25-20-13-15-28(16-14-20)26(25)24(23-12-7-17-30-23)19-8-3-2-4-9-19/h2-12,17,20,24-27H,13-16,18H2,1H3/t24?,25-,26+/m1/s1. The van der Waals surface area contributed by atoms with Gasteiger partial charge in [-0.15, -0.1) is 0 Å². The number of fused-ring (bicyclic) bond motifs is 3. The zero-order valence-corrected chi connectivity index (χ0v) is 17.5. The summed E-state index contributed by atoms with van der Waals surface area (Å²) in [5.74, 6) is 2.92. The van der Waals surface area contributed by atoms with E-state index in [9.17, 15) is 0 Å². The summed E-state index contributed by atoms with van der Waals surface area (Å²) in [6, 6.07) is 24.1. The van der Waals surface area contributed by atoms with Gasteiger partial charge >= 0.3 is 0 Å². The molecule has 1 aromatic heterocycles. The molecule has 0 spiro atoms. The molecule has 0 amide bonds. The number of nitrogens with zero attached hydrogens (tertiary/aromatic N) is 1. The van der Waals surface area contributed by atoms with Crippen LogP contribution in [0.15, 0.2) is 77.4 Å². The molecule has 3 saturated heterocycles. The summed E-state index contributed by atoms with van der Waals surface area (Å²) < 4.78 is 11.6. The van der Waals surface area contributed by atoms with Crippen molar-refractivity contribution in [1.29, 1.82) is 0 Å². The highest BCUT2D eigenvalue weighted by Gasteiger charge is 2.47. The number of methoxy groups -OCH3 is 1. The highest BCUT2D eigenvalue weighted by atomic mass is 16.5. The van der Waals surface area contributed by atoms with E-state index in [4.69, 9.17) is 9.15 Å². The molecule has 2 bridgehead atoms. The van der Waals surface area contributed by atoms with Crippen LogP contribution in [0.2, 0.25) is 0 Å². The molecule has 30 heavy (non-hydrogen) atoms. The van der Waals surface area contributed by atoms with Gasteiger partial charge in [0.25, 0.3) is 0 Å². The fraction of sp³-hybridized carbons (Fsp3) is 0.385. The van der Waals surface area contributed by atoms with Gasteiger partial charge in [0.05, 0.1) is 19.3 Å². The van der Waals surface area contributed by atoms with Gasteiger partial charge in [0.2, 0.25) is 0 Å². The van der Waals surface area contributed by atoms with Gasteiger partial charge in [0.1, 0.15) is 11.5 Å². The Labute approximate surface area is 178 Å². The van der Waals surface area contributed by atoms with Crippen LogP contribution < -0.4 is 10.1 Å². The van der Waals surface area contributed by atoms with Crippen molar-refractivity contribution >= 4 is 0 Å². The lowest BCUT2D eigenvalue weighted by Gasteiger charge is -2.53. The first-order valence-electron chi connectivity index (χ1n) is 11.0. The molecule has 3 fully saturated rings. The van der Waals surface area contributed by atoms with E-state index >= 15 is 0 Å². The van der Waals surface area contributed by atoms with Crippen LogP contribution in [0.5, 0.6) is 5.75 Å². The van der Waals surface area contributed by atoms with Crippen molar-refractivity contribution in [3.05, 3.63) is 89.9 Å². The highest BCUT2D eigenvalue weighted by Crippen LogP contribution is 2.42.